The minimum atomic E-state index is -0.805. The molecule has 1 saturated heterocycles. The SMILES string of the molecule is C[C@H](OC(=O)C[C@H]1CSCCS1)C(=O)Nc1ccc2ccccc2c1. The molecule has 1 fully saturated rings. The van der Waals surface area contributed by atoms with Gasteiger partial charge in [-0.15, -0.1) is 0 Å². The summed E-state index contributed by atoms with van der Waals surface area (Å²) >= 11 is 3.67. The van der Waals surface area contributed by atoms with Crippen LogP contribution in [-0.4, -0.2) is 40.5 Å². The lowest BCUT2D eigenvalue weighted by Crippen LogP contribution is -2.31. The summed E-state index contributed by atoms with van der Waals surface area (Å²) in [5, 5.41) is 5.28. The Kier molecular flexibility index (Phi) is 6.26. The maximum Gasteiger partial charge on any atom is 0.307 e. The fourth-order valence-electron chi connectivity index (χ4n) is 2.65. The maximum absolute atomic E-state index is 12.3. The number of thioether (sulfide) groups is 2. The van der Waals surface area contributed by atoms with Crippen molar-refractivity contribution in [3.05, 3.63) is 42.5 Å². The van der Waals surface area contributed by atoms with E-state index in [2.05, 4.69) is 5.32 Å². The van der Waals surface area contributed by atoms with Crippen molar-refractivity contribution in [2.45, 2.75) is 24.7 Å². The second-order valence-electron chi connectivity index (χ2n) is 5.96. The molecule has 0 aromatic heterocycles. The number of carbonyl (C=O) groups is 2. The Morgan fingerprint density at radius 3 is 2.76 bits per heavy atom. The average molecular weight is 376 g/mol. The Morgan fingerprint density at radius 2 is 2.00 bits per heavy atom. The molecule has 2 aromatic rings. The van der Waals surface area contributed by atoms with Crippen molar-refractivity contribution >= 4 is 51.9 Å². The number of hydrogen-bond donors (Lipinski definition) is 1. The van der Waals surface area contributed by atoms with Gasteiger partial charge in [-0.25, -0.2) is 0 Å². The molecule has 1 amide bonds. The molecule has 2 atom stereocenters. The van der Waals surface area contributed by atoms with Crippen LogP contribution in [0.3, 0.4) is 0 Å². The van der Waals surface area contributed by atoms with Gasteiger partial charge in [0, 0.05) is 28.2 Å². The highest BCUT2D eigenvalue weighted by Gasteiger charge is 2.22. The zero-order chi connectivity index (χ0) is 17.6. The first-order valence-electron chi connectivity index (χ1n) is 8.30. The van der Waals surface area contributed by atoms with Crippen LogP contribution in [0, 0.1) is 0 Å². The number of carbonyl (C=O) groups excluding carboxylic acids is 2. The van der Waals surface area contributed by atoms with Crippen molar-refractivity contribution in [2.24, 2.45) is 0 Å². The standard InChI is InChI=1S/C19H21NO3S2/c1-13(23-18(21)11-17-12-24-8-9-25-17)19(22)20-16-7-6-14-4-2-3-5-15(14)10-16/h2-7,10,13,17H,8-9,11-12H2,1H3,(H,20,22)/t13-,17-/m0/s1. The van der Waals surface area contributed by atoms with Gasteiger partial charge in [0.25, 0.3) is 5.91 Å². The van der Waals surface area contributed by atoms with Gasteiger partial charge in [-0.2, -0.15) is 23.5 Å². The summed E-state index contributed by atoms with van der Waals surface area (Å²) in [6, 6.07) is 13.7. The molecule has 1 aliphatic heterocycles. The smallest absolute Gasteiger partial charge is 0.307 e. The molecule has 6 heteroatoms. The molecule has 1 heterocycles. The molecule has 0 aliphatic carbocycles. The number of rotatable bonds is 5. The number of anilines is 1. The monoisotopic (exact) mass is 375 g/mol. The molecule has 0 saturated carbocycles. The number of fused-ring (bicyclic) bond motifs is 1. The van der Waals surface area contributed by atoms with E-state index in [1.54, 1.807) is 6.92 Å². The summed E-state index contributed by atoms with van der Waals surface area (Å²) in [4.78, 5) is 24.3. The highest BCUT2D eigenvalue weighted by Crippen LogP contribution is 2.26. The van der Waals surface area contributed by atoms with E-state index in [4.69, 9.17) is 4.74 Å². The number of benzene rings is 2. The summed E-state index contributed by atoms with van der Waals surface area (Å²) in [5.41, 5.74) is 0.700. The highest BCUT2D eigenvalue weighted by atomic mass is 32.2. The third-order valence-electron chi connectivity index (χ3n) is 3.97. The zero-order valence-corrected chi connectivity index (χ0v) is 15.7. The normalized spacial score (nSPS) is 18.5. The summed E-state index contributed by atoms with van der Waals surface area (Å²) < 4.78 is 5.30. The first kappa shape index (κ1) is 18.1. The third kappa shape index (κ3) is 5.16. The number of esters is 1. The van der Waals surface area contributed by atoms with E-state index in [9.17, 15) is 9.59 Å². The van der Waals surface area contributed by atoms with E-state index in [0.717, 1.165) is 28.0 Å². The van der Waals surface area contributed by atoms with Gasteiger partial charge in [0.15, 0.2) is 6.10 Å². The lowest BCUT2D eigenvalue weighted by molar-refractivity contribution is -0.153. The lowest BCUT2D eigenvalue weighted by Gasteiger charge is -2.21. The molecule has 3 rings (SSSR count). The van der Waals surface area contributed by atoms with Crippen LogP contribution in [0.15, 0.2) is 42.5 Å². The molecule has 132 valence electrons. The van der Waals surface area contributed by atoms with Crippen LogP contribution >= 0.6 is 23.5 Å². The molecule has 2 aromatic carbocycles. The predicted octanol–water partition coefficient (Wildman–Crippen LogP) is 3.95. The Morgan fingerprint density at radius 1 is 1.20 bits per heavy atom. The van der Waals surface area contributed by atoms with Gasteiger partial charge in [-0.05, 0) is 29.8 Å². The predicted molar refractivity (Wildman–Crippen MR) is 106 cm³/mol. The van der Waals surface area contributed by atoms with Gasteiger partial charge in [0.1, 0.15) is 0 Å². The molecular weight excluding hydrogens is 354 g/mol. The Balaban J connectivity index is 1.53. The summed E-state index contributed by atoms with van der Waals surface area (Å²) in [6.07, 6.45) is -0.439. The lowest BCUT2D eigenvalue weighted by atomic mass is 10.1. The quantitative estimate of drug-likeness (QED) is 0.802. The molecule has 0 spiro atoms. The summed E-state index contributed by atoms with van der Waals surface area (Å²) in [6.45, 7) is 1.61. The largest absolute Gasteiger partial charge is 0.452 e. The van der Waals surface area contributed by atoms with Crippen molar-refractivity contribution in [1.82, 2.24) is 0 Å². The second-order valence-corrected chi connectivity index (χ2v) is 8.51. The van der Waals surface area contributed by atoms with Crippen molar-refractivity contribution in [3.8, 4) is 0 Å². The Bertz CT molecular complexity index is 759. The van der Waals surface area contributed by atoms with Crippen LogP contribution in [0.5, 0.6) is 0 Å². The van der Waals surface area contributed by atoms with Crippen LogP contribution in [-0.2, 0) is 14.3 Å². The van der Waals surface area contributed by atoms with Crippen molar-refractivity contribution in [3.63, 3.8) is 0 Å². The first-order valence-corrected chi connectivity index (χ1v) is 10.5. The number of ether oxygens (including phenoxy) is 1. The number of nitrogens with one attached hydrogen (secondary N) is 1. The fraction of sp³-hybridized carbons (Fsp3) is 0.368. The van der Waals surface area contributed by atoms with Gasteiger partial charge in [0.2, 0.25) is 0 Å². The average Bonchev–Trinajstić information content (AvgIpc) is 2.62. The zero-order valence-electron chi connectivity index (χ0n) is 14.1. The van der Waals surface area contributed by atoms with Crippen LogP contribution in [0.25, 0.3) is 10.8 Å². The van der Waals surface area contributed by atoms with Gasteiger partial charge in [-0.1, -0.05) is 30.3 Å². The molecule has 0 bridgehead atoms. The fourth-order valence-corrected chi connectivity index (χ4v) is 5.31. The minimum absolute atomic E-state index is 0.294. The molecular formula is C19H21NO3S2. The molecule has 4 nitrogen and oxygen atoms in total. The van der Waals surface area contributed by atoms with Gasteiger partial charge >= 0.3 is 5.97 Å². The van der Waals surface area contributed by atoms with Gasteiger partial charge in [0.05, 0.1) is 6.42 Å². The van der Waals surface area contributed by atoms with E-state index in [0.29, 0.717) is 17.4 Å². The van der Waals surface area contributed by atoms with Crippen LogP contribution < -0.4 is 5.32 Å². The van der Waals surface area contributed by atoms with Crippen molar-refractivity contribution in [2.75, 3.05) is 22.6 Å². The van der Waals surface area contributed by atoms with Gasteiger partial charge in [-0.3, -0.25) is 9.59 Å². The minimum Gasteiger partial charge on any atom is -0.452 e. The molecule has 25 heavy (non-hydrogen) atoms. The van der Waals surface area contributed by atoms with Crippen LogP contribution in [0.1, 0.15) is 13.3 Å². The highest BCUT2D eigenvalue weighted by molar-refractivity contribution is 8.06. The second kappa shape index (κ2) is 8.63. The van der Waals surface area contributed by atoms with Crippen LogP contribution in [0.4, 0.5) is 5.69 Å². The van der Waals surface area contributed by atoms with E-state index >= 15 is 0 Å². The number of amides is 1. The third-order valence-corrected chi connectivity index (χ3v) is 6.82. The molecule has 1 N–H and O–H groups in total. The summed E-state index contributed by atoms with van der Waals surface area (Å²) in [5.74, 6) is 2.56. The maximum atomic E-state index is 12.3. The van der Waals surface area contributed by atoms with E-state index in [-0.39, 0.29) is 11.9 Å². The van der Waals surface area contributed by atoms with E-state index in [1.165, 1.54) is 0 Å². The molecule has 0 radical (unpaired) electrons. The van der Waals surface area contributed by atoms with Gasteiger partial charge < -0.3 is 10.1 Å². The number of hydrogen-bond acceptors (Lipinski definition) is 5. The van der Waals surface area contributed by atoms with Crippen molar-refractivity contribution < 1.29 is 14.3 Å². The summed E-state index contributed by atoms with van der Waals surface area (Å²) in [7, 11) is 0. The molecule has 1 aliphatic rings. The van der Waals surface area contributed by atoms with Crippen molar-refractivity contribution in [1.29, 1.82) is 0 Å². The Labute approximate surface area is 156 Å². The van der Waals surface area contributed by atoms with Crippen LogP contribution in [0.2, 0.25) is 0 Å². The topological polar surface area (TPSA) is 55.4 Å². The Hall–Kier alpha value is -1.66. The molecule has 0 unspecified atom stereocenters. The van der Waals surface area contributed by atoms with E-state index < -0.39 is 6.10 Å². The van der Waals surface area contributed by atoms with E-state index in [1.807, 2.05) is 66.0 Å². The first-order chi connectivity index (χ1) is 12.1.